The van der Waals surface area contributed by atoms with Crippen molar-refractivity contribution in [2.75, 3.05) is 0 Å². The third-order valence-electron chi connectivity index (χ3n) is 4.77. The quantitative estimate of drug-likeness (QED) is 0.692. The maximum Gasteiger partial charge on any atom is 0.488 e. The van der Waals surface area contributed by atoms with Gasteiger partial charge in [0.1, 0.15) is 0 Å². The summed E-state index contributed by atoms with van der Waals surface area (Å²) in [5, 5.41) is 0. The van der Waals surface area contributed by atoms with Crippen molar-refractivity contribution in [1.82, 2.24) is 0 Å². The zero-order valence-electron chi connectivity index (χ0n) is 14.8. The van der Waals surface area contributed by atoms with Crippen LogP contribution in [-0.4, -0.2) is 36.4 Å². The van der Waals surface area contributed by atoms with Gasteiger partial charge in [-0.2, -0.15) is 0 Å². The maximum absolute atomic E-state index is 5.96. The summed E-state index contributed by atoms with van der Waals surface area (Å²) in [6.45, 7) is 20.2. The Bertz CT molecular complexity index is 287. The molecule has 0 aromatic heterocycles. The van der Waals surface area contributed by atoms with Crippen LogP contribution < -0.4 is 0 Å². The van der Waals surface area contributed by atoms with Gasteiger partial charge >= 0.3 is 14.0 Å². The monoisotopic (exact) mass is 284 g/mol. The SMILES string of the molecule is CC.CC1(C)OB(B2OC(C)(C)C(C)(C)O2)OC1(C)C. The van der Waals surface area contributed by atoms with Gasteiger partial charge in [0.15, 0.2) is 0 Å². The lowest BCUT2D eigenvalue weighted by Gasteiger charge is -2.32. The summed E-state index contributed by atoms with van der Waals surface area (Å²) in [7, 11) is -0.952. The average molecular weight is 284 g/mol. The van der Waals surface area contributed by atoms with Crippen molar-refractivity contribution in [3.63, 3.8) is 0 Å². The van der Waals surface area contributed by atoms with E-state index in [-0.39, 0.29) is 22.4 Å². The van der Waals surface area contributed by atoms with Crippen LogP contribution in [-0.2, 0) is 18.6 Å². The smallest absolute Gasteiger partial charge is 0.405 e. The van der Waals surface area contributed by atoms with Crippen LogP contribution in [0.2, 0.25) is 0 Å². The van der Waals surface area contributed by atoms with Crippen LogP contribution in [0.4, 0.5) is 0 Å². The highest BCUT2D eigenvalue weighted by Gasteiger charge is 2.63. The van der Waals surface area contributed by atoms with Crippen LogP contribution in [0.15, 0.2) is 0 Å². The summed E-state index contributed by atoms with van der Waals surface area (Å²) in [6.07, 6.45) is 0. The van der Waals surface area contributed by atoms with Gasteiger partial charge in [-0.15, -0.1) is 0 Å². The summed E-state index contributed by atoms with van der Waals surface area (Å²) in [4.78, 5) is 0. The molecule has 0 bridgehead atoms. The van der Waals surface area contributed by atoms with Crippen molar-refractivity contribution in [3.05, 3.63) is 0 Å². The van der Waals surface area contributed by atoms with Crippen molar-refractivity contribution >= 4 is 14.0 Å². The van der Waals surface area contributed by atoms with Gasteiger partial charge in [0.25, 0.3) is 0 Å². The fourth-order valence-electron chi connectivity index (χ4n) is 2.00. The standard InChI is InChI=1S/C12H24B2O4.C2H6/c1-9(2)10(3,4)16-13(15-9)14-17-11(5,6)12(7,8)18-14;1-2/h1-8H3;1-2H3. The highest BCUT2D eigenvalue weighted by molar-refractivity contribution is 7.11. The number of rotatable bonds is 1. The second kappa shape index (κ2) is 5.31. The average Bonchev–Trinajstić information content (AvgIpc) is 2.61. The molecule has 0 aromatic carbocycles. The Hall–Kier alpha value is -0.0301. The van der Waals surface area contributed by atoms with Crippen molar-refractivity contribution in [1.29, 1.82) is 0 Å². The molecule has 2 saturated heterocycles. The second-order valence-electron chi connectivity index (χ2n) is 7.25. The molecule has 0 saturated carbocycles. The minimum Gasteiger partial charge on any atom is -0.405 e. The van der Waals surface area contributed by atoms with Crippen molar-refractivity contribution in [2.45, 2.75) is 91.6 Å². The van der Waals surface area contributed by atoms with Crippen molar-refractivity contribution in [2.24, 2.45) is 0 Å². The van der Waals surface area contributed by atoms with Gasteiger partial charge in [-0.1, -0.05) is 13.8 Å². The molecule has 6 heteroatoms. The van der Waals surface area contributed by atoms with Crippen LogP contribution in [0.25, 0.3) is 0 Å². The Labute approximate surface area is 125 Å². The molecule has 20 heavy (non-hydrogen) atoms. The molecular formula is C14H30B2O4. The molecule has 0 atom stereocenters. The summed E-state index contributed by atoms with van der Waals surface area (Å²) in [6, 6.07) is 0. The molecule has 0 unspecified atom stereocenters. The van der Waals surface area contributed by atoms with Gasteiger partial charge < -0.3 is 18.6 Å². The van der Waals surface area contributed by atoms with E-state index in [9.17, 15) is 0 Å². The van der Waals surface area contributed by atoms with E-state index >= 15 is 0 Å². The predicted molar refractivity (Wildman–Crippen MR) is 83.5 cm³/mol. The molecule has 0 amide bonds. The Balaban J connectivity index is 0.000000956. The van der Waals surface area contributed by atoms with Crippen LogP contribution in [0, 0.1) is 0 Å². The van der Waals surface area contributed by atoms with Gasteiger partial charge in [0, 0.05) is 0 Å². The Morgan fingerprint density at radius 2 is 0.600 bits per heavy atom. The molecule has 2 fully saturated rings. The molecule has 0 aromatic rings. The highest BCUT2D eigenvalue weighted by Crippen LogP contribution is 2.42. The Morgan fingerprint density at radius 1 is 0.450 bits per heavy atom. The van der Waals surface area contributed by atoms with E-state index in [0.29, 0.717) is 0 Å². The van der Waals surface area contributed by atoms with E-state index in [1.165, 1.54) is 0 Å². The normalized spacial score (nSPS) is 29.1. The lowest BCUT2D eigenvalue weighted by Crippen LogP contribution is -2.41. The summed E-state index contributed by atoms with van der Waals surface area (Å²) in [5.41, 5.74) is -1.44. The molecule has 0 aliphatic carbocycles. The van der Waals surface area contributed by atoms with Crippen LogP contribution >= 0.6 is 0 Å². The molecule has 0 N–H and O–H groups in total. The Kier molecular flexibility index (Phi) is 4.78. The van der Waals surface area contributed by atoms with E-state index < -0.39 is 14.0 Å². The first-order valence-corrected chi connectivity index (χ1v) is 7.59. The van der Waals surface area contributed by atoms with E-state index in [2.05, 4.69) is 0 Å². The fraction of sp³-hybridized carbons (Fsp3) is 1.00. The van der Waals surface area contributed by atoms with Gasteiger partial charge in [-0.05, 0) is 55.4 Å². The lowest BCUT2D eigenvalue weighted by atomic mass is 9.49. The van der Waals surface area contributed by atoms with Crippen LogP contribution in [0.1, 0.15) is 69.2 Å². The lowest BCUT2D eigenvalue weighted by molar-refractivity contribution is 0.00578. The molecule has 2 aliphatic rings. The van der Waals surface area contributed by atoms with Gasteiger partial charge in [0.05, 0.1) is 22.4 Å². The third-order valence-corrected chi connectivity index (χ3v) is 4.77. The first kappa shape index (κ1) is 18.0. The van der Waals surface area contributed by atoms with E-state index in [4.69, 9.17) is 18.6 Å². The zero-order valence-corrected chi connectivity index (χ0v) is 14.8. The van der Waals surface area contributed by atoms with Crippen LogP contribution in [0.5, 0.6) is 0 Å². The summed E-state index contributed by atoms with van der Waals surface area (Å²) >= 11 is 0. The van der Waals surface area contributed by atoms with E-state index in [1.807, 2.05) is 69.2 Å². The summed E-state index contributed by atoms with van der Waals surface area (Å²) < 4.78 is 23.8. The molecule has 4 nitrogen and oxygen atoms in total. The Morgan fingerprint density at radius 3 is 0.750 bits per heavy atom. The maximum atomic E-state index is 5.96. The first-order valence-electron chi connectivity index (χ1n) is 7.59. The van der Waals surface area contributed by atoms with E-state index in [0.717, 1.165) is 0 Å². The molecule has 0 spiro atoms. The fourth-order valence-corrected chi connectivity index (χ4v) is 2.00. The minimum absolute atomic E-state index is 0.360. The molecular weight excluding hydrogens is 254 g/mol. The van der Waals surface area contributed by atoms with Crippen LogP contribution in [0.3, 0.4) is 0 Å². The van der Waals surface area contributed by atoms with Gasteiger partial charge in [0.2, 0.25) is 0 Å². The van der Waals surface area contributed by atoms with Crippen molar-refractivity contribution in [3.8, 4) is 0 Å². The summed E-state index contributed by atoms with van der Waals surface area (Å²) in [5.74, 6) is 0. The number of hydrogen-bond donors (Lipinski definition) is 0. The number of hydrogen-bond acceptors (Lipinski definition) is 4. The largest absolute Gasteiger partial charge is 0.488 e. The topological polar surface area (TPSA) is 36.9 Å². The molecule has 2 aliphatic heterocycles. The second-order valence-corrected chi connectivity index (χ2v) is 7.25. The highest BCUT2D eigenvalue weighted by atomic mass is 16.7. The molecule has 116 valence electrons. The van der Waals surface area contributed by atoms with Gasteiger partial charge in [-0.3, -0.25) is 0 Å². The predicted octanol–water partition coefficient (Wildman–Crippen LogP) is 3.28. The molecule has 2 rings (SSSR count). The van der Waals surface area contributed by atoms with E-state index in [1.54, 1.807) is 0 Å². The van der Waals surface area contributed by atoms with Gasteiger partial charge in [-0.25, -0.2) is 0 Å². The minimum atomic E-state index is -0.476. The third kappa shape index (κ3) is 2.94. The zero-order chi connectivity index (χ0) is 16.0. The molecule has 2 heterocycles. The first-order chi connectivity index (χ1) is 8.88. The van der Waals surface area contributed by atoms with Crippen molar-refractivity contribution < 1.29 is 18.6 Å². The molecule has 0 radical (unpaired) electrons.